The lowest BCUT2D eigenvalue weighted by Gasteiger charge is -2.16. The van der Waals surface area contributed by atoms with E-state index in [1.54, 1.807) is 0 Å². The predicted molar refractivity (Wildman–Crippen MR) is 98.7 cm³/mol. The van der Waals surface area contributed by atoms with Gasteiger partial charge in [0.25, 0.3) is 0 Å². The molecular weight excluding hydrogens is 314 g/mol. The van der Waals surface area contributed by atoms with Crippen LogP contribution in [-0.4, -0.2) is 56.9 Å². The third-order valence-corrected chi connectivity index (χ3v) is 4.70. The van der Waals surface area contributed by atoms with Crippen LogP contribution in [0.2, 0.25) is 0 Å². The number of nitrogens with one attached hydrogen (secondary N) is 1. The molecule has 0 aliphatic carbocycles. The first-order valence-corrected chi connectivity index (χ1v) is 8.76. The van der Waals surface area contributed by atoms with E-state index in [1.807, 2.05) is 41.9 Å². The van der Waals surface area contributed by atoms with Gasteiger partial charge in [0.2, 0.25) is 0 Å². The fourth-order valence-electron chi connectivity index (χ4n) is 3.34. The van der Waals surface area contributed by atoms with Crippen molar-refractivity contribution in [3.63, 3.8) is 0 Å². The lowest BCUT2D eigenvalue weighted by molar-refractivity contribution is 0.177. The molecule has 0 spiro atoms. The summed E-state index contributed by atoms with van der Waals surface area (Å²) in [7, 11) is 0. The molecule has 0 saturated carbocycles. The number of rotatable bonds is 5. The highest BCUT2D eigenvalue weighted by atomic mass is 16.3. The number of aromatic nitrogens is 3. The molecule has 0 unspecified atom stereocenters. The van der Waals surface area contributed by atoms with Gasteiger partial charge in [-0.15, -0.1) is 0 Å². The third-order valence-electron chi connectivity index (χ3n) is 4.70. The van der Waals surface area contributed by atoms with Crippen molar-refractivity contribution in [1.29, 1.82) is 0 Å². The molecule has 1 aromatic carbocycles. The van der Waals surface area contributed by atoms with Gasteiger partial charge in [-0.2, -0.15) is 5.10 Å². The molecule has 0 bridgehead atoms. The van der Waals surface area contributed by atoms with Crippen LogP contribution in [0.1, 0.15) is 12.0 Å². The molecule has 2 aromatic heterocycles. The Labute approximate surface area is 147 Å². The minimum absolute atomic E-state index is 0.173. The molecular formula is C19H23N5O. The van der Waals surface area contributed by atoms with Crippen LogP contribution in [0.3, 0.4) is 0 Å². The normalized spacial score (nSPS) is 18.1. The van der Waals surface area contributed by atoms with Gasteiger partial charge in [0.15, 0.2) is 5.65 Å². The third kappa shape index (κ3) is 3.36. The second-order valence-electron chi connectivity index (χ2n) is 6.63. The Kier molecular flexibility index (Phi) is 4.38. The Balaban J connectivity index is 1.58. The van der Waals surface area contributed by atoms with Crippen LogP contribution in [0.4, 0.5) is 5.82 Å². The van der Waals surface area contributed by atoms with Crippen LogP contribution in [0.5, 0.6) is 0 Å². The number of nitrogens with zero attached hydrogens (tertiary/aromatic N) is 4. The van der Waals surface area contributed by atoms with Gasteiger partial charge in [-0.05, 0) is 13.3 Å². The second-order valence-corrected chi connectivity index (χ2v) is 6.63. The average molecular weight is 337 g/mol. The minimum atomic E-state index is -0.173. The number of benzene rings is 1. The van der Waals surface area contributed by atoms with Crippen molar-refractivity contribution in [1.82, 2.24) is 19.5 Å². The standard InChI is InChI=1S/C19H23N5O/c1-14-12-21-24-17(15-5-3-2-4-6-15)11-18(22-19(14)24)20-8-10-23-9-7-16(25)13-23/h2-6,11-12,16,25H,7-10,13H2,1H3,(H,20,22)/t16-/m1/s1. The predicted octanol–water partition coefficient (Wildman–Crippen LogP) is 2.18. The Morgan fingerprint density at radius 1 is 1.28 bits per heavy atom. The highest BCUT2D eigenvalue weighted by Gasteiger charge is 2.19. The summed E-state index contributed by atoms with van der Waals surface area (Å²) < 4.78 is 1.90. The molecule has 25 heavy (non-hydrogen) atoms. The van der Waals surface area contributed by atoms with E-state index in [-0.39, 0.29) is 6.10 Å². The SMILES string of the molecule is Cc1cnn2c(-c3ccccc3)cc(NCCN3CC[C@@H](O)C3)nc12. The Morgan fingerprint density at radius 2 is 2.12 bits per heavy atom. The summed E-state index contributed by atoms with van der Waals surface area (Å²) in [5.74, 6) is 0.856. The van der Waals surface area contributed by atoms with Crippen LogP contribution >= 0.6 is 0 Å². The number of β-amino-alcohol motifs (C(OH)–C–C–N with tert-alkyl or cyclic N) is 1. The monoisotopic (exact) mass is 337 g/mol. The summed E-state index contributed by atoms with van der Waals surface area (Å²) in [6.45, 7) is 5.47. The number of anilines is 1. The zero-order chi connectivity index (χ0) is 17.2. The molecule has 0 radical (unpaired) electrons. The number of fused-ring (bicyclic) bond motifs is 1. The number of aliphatic hydroxyl groups is 1. The van der Waals surface area contributed by atoms with E-state index >= 15 is 0 Å². The zero-order valence-corrected chi connectivity index (χ0v) is 14.4. The molecule has 1 fully saturated rings. The molecule has 1 saturated heterocycles. The zero-order valence-electron chi connectivity index (χ0n) is 14.4. The van der Waals surface area contributed by atoms with Crippen molar-refractivity contribution in [3.05, 3.63) is 48.2 Å². The highest BCUT2D eigenvalue weighted by molar-refractivity contribution is 5.68. The number of hydrogen-bond donors (Lipinski definition) is 2. The first-order chi connectivity index (χ1) is 12.2. The fraction of sp³-hybridized carbons (Fsp3) is 0.368. The summed E-state index contributed by atoms with van der Waals surface area (Å²) in [4.78, 5) is 7.00. The maximum Gasteiger partial charge on any atom is 0.160 e. The maximum atomic E-state index is 9.62. The largest absolute Gasteiger partial charge is 0.392 e. The Bertz CT molecular complexity index is 861. The van der Waals surface area contributed by atoms with Crippen LogP contribution in [0.15, 0.2) is 42.6 Å². The topological polar surface area (TPSA) is 65.7 Å². The second kappa shape index (κ2) is 6.82. The van der Waals surface area contributed by atoms with Crippen molar-refractivity contribution < 1.29 is 5.11 Å². The summed E-state index contributed by atoms with van der Waals surface area (Å²) in [5.41, 5.74) is 4.07. The minimum Gasteiger partial charge on any atom is -0.392 e. The van der Waals surface area contributed by atoms with E-state index in [4.69, 9.17) is 4.98 Å². The molecule has 3 aromatic rings. The molecule has 2 N–H and O–H groups in total. The van der Waals surface area contributed by atoms with Gasteiger partial charge < -0.3 is 10.4 Å². The number of likely N-dealkylation sites (tertiary alicyclic amines) is 1. The average Bonchev–Trinajstić information content (AvgIpc) is 3.21. The van der Waals surface area contributed by atoms with Crippen LogP contribution in [0.25, 0.3) is 16.9 Å². The van der Waals surface area contributed by atoms with Gasteiger partial charge in [0, 0.05) is 43.4 Å². The Morgan fingerprint density at radius 3 is 2.88 bits per heavy atom. The number of aryl methyl sites for hydroxylation is 1. The first kappa shape index (κ1) is 16.1. The number of hydrogen-bond acceptors (Lipinski definition) is 5. The molecule has 1 aliphatic heterocycles. The van der Waals surface area contributed by atoms with Crippen molar-refractivity contribution in [2.45, 2.75) is 19.4 Å². The van der Waals surface area contributed by atoms with Crippen molar-refractivity contribution in [2.24, 2.45) is 0 Å². The van der Waals surface area contributed by atoms with E-state index in [0.717, 1.165) is 60.9 Å². The van der Waals surface area contributed by atoms with E-state index in [9.17, 15) is 5.11 Å². The quantitative estimate of drug-likeness (QED) is 0.747. The summed E-state index contributed by atoms with van der Waals surface area (Å²) in [6, 6.07) is 12.3. The Hall–Kier alpha value is -2.44. The molecule has 4 rings (SSSR count). The van der Waals surface area contributed by atoms with Crippen molar-refractivity contribution in [3.8, 4) is 11.3 Å². The number of aliphatic hydroxyl groups excluding tert-OH is 1. The van der Waals surface area contributed by atoms with Crippen molar-refractivity contribution >= 4 is 11.5 Å². The van der Waals surface area contributed by atoms with E-state index < -0.39 is 0 Å². The van der Waals surface area contributed by atoms with Crippen LogP contribution < -0.4 is 5.32 Å². The van der Waals surface area contributed by atoms with Gasteiger partial charge in [0.1, 0.15) is 5.82 Å². The van der Waals surface area contributed by atoms with Crippen LogP contribution in [0, 0.1) is 6.92 Å². The van der Waals surface area contributed by atoms with Gasteiger partial charge in [-0.25, -0.2) is 9.50 Å². The van der Waals surface area contributed by atoms with E-state index in [1.165, 1.54) is 0 Å². The summed E-state index contributed by atoms with van der Waals surface area (Å²) in [5, 5.41) is 17.5. The first-order valence-electron chi connectivity index (χ1n) is 8.76. The molecule has 6 nitrogen and oxygen atoms in total. The molecule has 6 heteroatoms. The smallest absolute Gasteiger partial charge is 0.160 e. The molecule has 1 atom stereocenters. The van der Waals surface area contributed by atoms with Gasteiger partial charge in [0.05, 0.1) is 18.0 Å². The highest BCUT2D eigenvalue weighted by Crippen LogP contribution is 2.24. The fourth-order valence-corrected chi connectivity index (χ4v) is 3.34. The molecule has 1 aliphatic rings. The molecule has 130 valence electrons. The van der Waals surface area contributed by atoms with E-state index in [0.29, 0.717) is 0 Å². The lowest BCUT2D eigenvalue weighted by Crippen LogP contribution is -2.28. The lowest BCUT2D eigenvalue weighted by atomic mass is 10.1. The van der Waals surface area contributed by atoms with Gasteiger partial charge >= 0.3 is 0 Å². The van der Waals surface area contributed by atoms with Crippen molar-refractivity contribution in [2.75, 3.05) is 31.5 Å². The van der Waals surface area contributed by atoms with E-state index in [2.05, 4.69) is 27.4 Å². The van der Waals surface area contributed by atoms with Crippen LogP contribution in [-0.2, 0) is 0 Å². The maximum absolute atomic E-state index is 9.62. The molecule has 0 amide bonds. The molecule has 3 heterocycles. The van der Waals surface area contributed by atoms with Gasteiger partial charge in [-0.3, -0.25) is 4.90 Å². The summed E-state index contributed by atoms with van der Waals surface area (Å²) in [6.07, 6.45) is 2.55. The summed E-state index contributed by atoms with van der Waals surface area (Å²) >= 11 is 0. The van der Waals surface area contributed by atoms with Gasteiger partial charge in [-0.1, -0.05) is 30.3 Å².